The van der Waals surface area contributed by atoms with Gasteiger partial charge in [0.05, 0.1) is 0 Å². The zero-order valence-electron chi connectivity index (χ0n) is 13.5. The van der Waals surface area contributed by atoms with Gasteiger partial charge >= 0.3 is 0 Å². The molecule has 1 spiro atoms. The molecule has 1 N–H and O–H groups in total. The van der Waals surface area contributed by atoms with Gasteiger partial charge in [-0.2, -0.15) is 0 Å². The Morgan fingerprint density at radius 2 is 2.05 bits per heavy atom. The van der Waals surface area contributed by atoms with Gasteiger partial charge in [-0.1, -0.05) is 18.2 Å². The molecule has 1 amide bonds. The van der Waals surface area contributed by atoms with Gasteiger partial charge in [0.15, 0.2) is 0 Å². The molecule has 1 saturated heterocycles. The Kier molecular flexibility index (Phi) is 4.39. The Hall–Kier alpha value is -1.55. The molecule has 22 heavy (non-hydrogen) atoms. The molecular formula is C18H26N2O2. The van der Waals surface area contributed by atoms with Crippen LogP contribution in [0, 0.1) is 11.3 Å². The van der Waals surface area contributed by atoms with Crippen molar-refractivity contribution in [2.45, 2.75) is 32.2 Å². The van der Waals surface area contributed by atoms with E-state index in [9.17, 15) is 4.79 Å². The smallest absolute Gasteiger partial charge is 0.223 e. The molecule has 2 aliphatic rings. The topological polar surface area (TPSA) is 41.6 Å². The largest absolute Gasteiger partial charge is 0.381 e. The van der Waals surface area contributed by atoms with E-state index in [1.165, 1.54) is 5.69 Å². The SMILES string of the molecule is C[C@H](CNC(=O)[C@@H]1CC12CCOCC2)N(C)c1ccccc1. The summed E-state index contributed by atoms with van der Waals surface area (Å²) in [5, 5.41) is 3.15. The molecule has 1 heterocycles. The highest BCUT2D eigenvalue weighted by molar-refractivity contribution is 5.82. The zero-order chi connectivity index (χ0) is 15.6. The van der Waals surface area contributed by atoms with Crippen LogP contribution in [0.25, 0.3) is 0 Å². The van der Waals surface area contributed by atoms with Crippen molar-refractivity contribution >= 4 is 11.6 Å². The lowest BCUT2D eigenvalue weighted by Crippen LogP contribution is -2.41. The summed E-state index contributed by atoms with van der Waals surface area (Å²) in [4.78, 5) is 14.6. The van der Waals surface area contributed by atoms with Crippen molar-refractivity contribution in [1.82, 2.24) is 5.32 Å². The monoisotopic (exact) mass is 302 g/mol. The van der Waals surface area contributed by atoms with Crippen LogP contribution in [-0.4, -0.2) is 38.8 Å². The van der Waals surface area contributed by atoms with Crippen molar-refractivity contribution in [3.05, 3.63) is 30.3 Å². The molecule has 0 bridgehead atoms. The van der Waals surface area contributed by atoms with Gasteiger partial charge in [0.2, 0.25) is 5.91 Å². The minimum atomic E-state index is 0.214. The van der Waals surface area contributed by atoms with Crippen LogP contribution in [0.1, 0.15) is 26.2 Å². The van der Waals surface area contributed by atoms with Crippen LogP contribution in [-0.2, 0) is 9.53 Å². The van der Waals surface area contributed by atoms with E-state index >= 15 is 0 Å². The Morgan fingerprint density at radius 3 is 2.73 bits per heavy atom. The fourth-order valence-electron chi connectivity index (χ4n) is 3.47. The molecule has 1 aromatic rings. The number of anilines is 1. The van der Waals surface area contributed by atoms with Gasteiger partial charge in [-0.3, -0.25) is 4.79 Å². The molecule has 2 atom stereocenters. The predicted molar refractivity (Wildman–Crippen MR) is 87.9 cm³/mol. The van der Waals surface area contributed by atoms with Gasteiger partial charge in [0.25, 0.3) is 0 Å². The third-order valence-electron chi connectivity index (χ3n) is 5.39. The van der Waals surface area contributed by atoms with Crippen LogP contribution in [0.2, 0.25) is 0 Å². The van der Waals surface area contributed by atoms with E-state index in [0.29, 0.717) is 6.54 Å². The number of para-hydroxylation sites is 1. The standard InChI is InChI=1S/C18H26N2O2/c1-14(20(2)15-6-4-3-5-7-15)13-19-17(21)16-12-18(16)8-10-22-11-9-18/h3-7,14,16H,8-13H2,1-2H3,(H,19,21)/t14-,16+/m1/s1. The van der Waals surface area contributed by atoms with Crippen molar-refractivity contribution in [1.29, 1.82) is 0 Å². The fraction of sp³-hybridized carbons (Fsp3) is 0.611. The first-order valence-electron chi connectivity index (χ1n) is 8.26. The highest BCUT2D eigenvalue weighted by Gasteiger charge is 2.57. The number of carbonyl (C=O) groups is 1. The number of carbonyl (C=O) groups excluding carboxylic acids is 1. The molecule has 1 aliphatic heterocycles. The van der Waals surface area contributed by atoms with Crippen LogP contribution in [0.4, 0.5) is 5.69 Å². The number of nitrogens with zero attached hydrogens (tertiary/aromatic N) is 1. The summed E-state index contributed by atoms with van der Waals surface area (Å²) in [6.07, 6.45) is 3.14. The molecule has 0 aromatic heterocycles. The van der Waals surface area contributed by atoms with Crippen LogP contribution in [0.5, 0.6) is 0 Å². The van der Waals surface area contributed by atoms with Gasteiger partial charge in [-0.25, -0.2) is 0 Å². The summed E-state index contributed by atoms with van der Waals surface area (Å²) >= 11 is 0. The van der Waals surface area contributed by atoms with E-state index in [1.807, 2.05) is 18.2 Å². The molecule has 4 nitrogen and oxygen atoms in total. The van der Waals surface area contributed by atoms with E-state index in [4.69, 9.17) is 4.74 Å². The van der Waals surface area contributed by atoms with Crippen molar-refractivity contribution in [2.75, 3.05) is 31.7 Å². The lowest BCUT2D eigenvalue weighted by molar-refractivity contribution is -0.123. The van der Waals surface area contributed by atoms with Crippen LogP contribution in [0.15, 0.2) is 30.3 Å². The first kappa shape index (κ1) is 15.3. The Bertz CT molecular complexity index is 511. The molecule has 1 aromatic carbocycles. The number of hydrogen-bond donors (Lipinski definition) is 1. The second-order valence-electron chi connectivity index (χ2n) is 6.77. The number of nitrogens with one attached hydrogen (secondary N) is 1. The van der Waals surface area contributed by atoms with Crippen LogP contribution in [0.3, 0.4) is 0 Å². The van der Waals surface area contributed by atoms with Crippen molar-refractivity contribution in [3.8, 4) is 0 Å². The number of rotatable bonds is 5. The summed E-state index contributed by atoms with van der Waals surface area (Å²) in [5.74, 6) is 0.445. The third kappa shape index (κ3) is 3.12. The summed E-state index contributed by atoms with van der Waals surface area (Å²) in [6.45, 7) is 4.46. The average molecular weight is 302 g/mol. The molecule has 2 fully saturated rings. The van der Waals surface area contributed by atoms with Gasteiger partial charge in [0, 0.05) is 44.5 Å². The van der Waals surface area contributed by atoms with Crippen LogP contribution < -0.4 is 10.2 Å². The Balaban J connectivity index is 1.47. The molecule has 120 valence electrons. The number of benzene rings is 1. The predicted octanol–water partition coefficient (Wildman–Crippen LogP) is 2.44. The van der Waals surface area contributed by atoms with E-state index < -0.39 is 0 Å². The lowest BCUT2D eigenvalue weighted by Gasteiger charge is -2.27. The number of likely N-dealkylation sites (N-methyl/N-ethyl adjacent to an activating group) is 1. The molecule has 4 heteroatoms. The summed E-state index contributed by atoms with van der Waals surface area (Å²) < 4.78 is 5.41. The minimum Gasteiger partial charge on any atom is -0.381 e. The van der Waals surface area contributed by atoms with E-state index in [0.717, 1.165) is 32.5 Å². The highest BCUT2D eigenvalue weighted by atomic mass is 16.5. The Labute approximate surface area is 132 Å². The van der Waals surface area contributed by atoms with Gasteiger partial charge in [0.1, 0.15) is 0 Å². The van der Waals surface area contributed by atoms with Crippen molar-refractivity contribution in [3.63, 3.8) is 0 Å². The van der Waals surface area contributed by atoms with E-state index in [1.54, 1.807) is 0 Å². The van der Waals surface area contributed by atoms with Crippen molar-refractivity contribution in [2.24, 2.45) is 11.3 Å². The molecule has 1 saturated carbocycles. The molecule has 1 aliphatic carbocycles. The maximum Gasteiger partial charge on any atom is 0.223 e. The first-order chi connectivity index (χ1) is 10.6. The average Bonchev–Trinajstić information content (AvgIpc) is 3.26. The maximum atomic E-state index is 12.4. The van der Waals surface area contributed by atoms with Gasteiger partial charge in [-0.05, 0) is 43.7 Å². The van der Waals surface area contributed by atoms with E-state index in [2.05, 4.69) is 36.3 Å². The van der Waals surface area contributed by atoms with E-state index in [-0.39, 0.29) is 23.3 Å². The maximum absolute atomic E-state index is 12.4. The van der Waals surface area contributed by atoms with Gasteiger partial charge < -0.3 is 15.0 Å². The number of amides is 1. The highest BCUT2D eigenvalue weighted by Crippen LogP contribution is 2.59. The van der Waals surface area contributed by atoms with Crippen molar-refractivity contribution < 1.29 is 9.53 Å². The molecule has 3 rings (SSSR count). The van der Waals surface area contributed by atoms with Gasteiger partial charge in [-0.15, -0.1) is 0 Å². The summed E-state index contributed by atoms with van der Waals surface area (Å²) in [7, 11) is 2.07. The quantitative estimate of drug-likeness (QED) is 0.908. The second-order valence-corrected chi connectivity index (χ2v) is 6.77. The fourth-order valence-corrected chi connectivity index (χ4v) is 3.47. The molecule has 0 radical (unpaired) electrons. The normalized spacial score (nSPS) is 23.8. The number of hydrogen-bond acceptors (Lipinski definition) is 3. The Morgan fingerprint density at radius 1 is 1.36 bits per heavy atom. The zero-order valence-corrected chi connectivity index (χ0v) is 13.5. The first-order valence-corrected chi connectivity index (χ1v) is 8.26. The van der Waals surface area contributed by atoms with Crippen LogP contribution >= 0.6 is 0 Å². The molecule has 0 unspecified atom stereocenters. The summed E-state index contributed by atoms with van der Waals surface area (Å²) in [5.41, 5.74) is 1.44. The number of ether oxygens (including phenoxy) is 1. The third-order valence-corrected chi connectivity index (χ3v) is 5.39. The second kappa shape index (κ2) is 6.29. The minimum absolute atomic E-state index is 0.214. The summed E-state index contributed by atoms with van der Waals surface area (Å²) in [6, 6.07) is 10.6. The lowest BCUT2D eigenvalue weighted by atomic mass is 9.93. The molecular weight excluding hydrogens is 276 g/mol.